The zero-order valence-electron chi connectivity index (χ0n) is 12.7. The minimum Gasteiger partial charge on any atom is -0.370 e. The third-order valence-corrected chi connectivity index (χ3v) is 4.78. The lowest BCUT2D eigenvalue weighted by molar-refractivity contribution is 0.0771. The molecule has 0 atom stereocenters. The largest absolute Gasteiger partial charge is 0.370 e. The number of aromatic nitrogens is 1. The molecular formula is C15H23N3O2S. The number of aryl methyl sites for hydroxylation is 1. The fourth-order valence-electron chi connectivity index (χ4n) is 2.26. The maximum absolute atomic E-state index is 12.6. The van der Waals surface area contributed by atoms with Crippen molar-refractivity contribution >= 4 is 22.5 Å². The first kappa shape index (κ1) is 15.9. The van der Waals surface area contributed by atoms with Crippen LogP contribution in [0.1, 0.15) is 36.3 Å². The summed E-state index contributed by atoms with van der Waals surface area (Å²) in [6, 6.07) is 3.69. The average Bonchev–Trinajstić information content (AvgIpc) is 2.52. The molecule has 0 radical (unpaired) electrons. The maximum Gasteiger partial charge on any atom is 0.254 e. The van der Waals surface area contributed by atoms with Gasteiger partial charge in [0, 0.05) is 53.2 Å². The number of carbonyl (C=O) groups excluding carboxylic acids is 1. The quantitative estimate of drug-likeness (QED) is 0.899. The summed E-state index contributed by atoms with van der Waals surface area (Å²) in [4.78, 5) is 18.9. The first-order valence-electron chi connectivity index (χ1n) is 7.53. The fraction of sp³-hybridized carbons (Fsp3) is 0.600. The van der Waals surface area contributed by atoms with Crippen molar-refractivity contribution < 1.29 is 9.00 Å². The number of rotatable bonds is 5. The van der Waals surface area contributed by atoms with E-state index in [1.165, 1.54) is 0 Å². The van der Waals surface area contributed by atoms with E-state index in [1.54, 1.807) is 4.90 Å². The van der Waals surface area contributed by atoms with E-state index in [2.05, 4.69) is 17.2 Å². The molecule has 0 bridgehead atoms. The molecule has 116 valence electrons. The molecule has 1 aromatic rings. The number of anilines is 1. The van der Waals surface area contributed by atoms with Crippen LogP contribution in [0.4, 0.5) is 5.82 Å². The highest BCUT2D eigenvalue weighted by atomic mass is 32.2. The average molecular weight is 309 g/mol. The summed E-state index contributed by atoms with van der Waals surface area (Å²) in [5.41, 5.74) is 1.59. The minimum absolute atomic E-state index is 0.0170. The Morgan fingerprint density at radius 3 is 2.67 bits per heavy atom. The highest BCUT2D eigenvalue weighted by Crippen LogP contribution is 2.15. The van der Waals surface area contributed by atoms with E-state index in [9.17, 15) is 9.00 Å². The molecule has 1 saturated heterocycles. The van der Waals surface area contributed by atoms with Gasteiger partial charge in [-0.1, -0.05) is 13.8 Å². The van der Waals surface area contributed by atoms with Gasteiger partial charge in [-0.3, -0.25) is 9.00 Å². The van der Waals surface area contributed by atoms with Gasteiger partial charge in [0.2, 0.25) is 0 Å². The van der Waals surface area contributed by atoms with Crippen molar-refractivity contribution in [2.45, 2.75) is 26.7 Å². The van der Waals surface area contributed by atoms with Crippen LogP contribution in [0.15, 0.2) is 12.1 Å². The lowest BCUT2D eigenvalue weighted by atomic mass is 10.1. The van der Waals surface area contributed by atoms with Crippen molar-refractivity contribution in [3.05, 3.63) is 23.4 Å². The highest BCUT2D eigenvalue weighted by molar-refractivity contribution is 7.85. The molecule has 0 aliphatic carbocycles. The summed E-state index contributed by atoms with van der Waals surface area (Å²) in [6.07, 6.45) is 1.81. The van der Waals surface area contributed by atoms with Crippen LogP contribution in [0.2, 0.25) is 0 Å². The molecule has 1 aliphatic heterocycles. The van der Waals surface area contributed by atoms with E-state index in [4.69, 9.17) is 0 Å². The van der Waals surface area contributed by atoms with Gasteiger partial charge in [-0.15, -0.1) is 0 Å². The summed E-state index contributed by atoms with van der Waals surface area (Å²) < 4.78 is 11.4. The van der Waals surface area contributed by atoms with Gasteiger partial charge >= 0.3 is 0 Å². The molecule has 0 aromatic carbocycles. The summed E-state index contributed by atoms with van der Waals surface area (Å²) in [5, 5.41) is 3.24. The molecule has 1 amide bonds. The lowest BCUT2D eigenvalue weighted by Gasteiger charge is -2.26. The Labute approximate surface area is 128 Å². The van der Waals surface area contributed by atoms with Crippen molar-refractivity contribution in [2.24, 2.45) is 0 Å². The van der Waals surface area contributed by atoms with E-state index >= 15 is 0 Å². The molecule has 0 spiro atoms. The molecule has 2 rings (SSSR count). The monoisotopic (exact) mass is 309 g/mol. The van der Waals surface area contributed by atoms with Gasteiger partial charge in [-0.2, -0.15) is 0 Å². The number of carbonyl (C=O) groups is 1. The normalized spacial score (nSPS) is 16.0. The van der Waals surface area contributed by atoms with Gasteiger partial charge in [0.25, 0.3) is 5.91 Å². The highest BCUT2D eigenvalue weighted by Gasteiger charge is 2.22. The van der Waals surface area contributed by atoms with Crippen molar-refractivity contribution in [1.82, 2.24) is 9.88 Å². The van der Waals surface area contributed by atoms with Gasteiger partial charge in [-0.05, 0) is 25.0 Å². The first-order valence-corrected chi connectivity index (χ1v) is 9.02. The van der Waals surface area contributed by atoms with E-state index in [-0.39, 0.29) is 5.91 Å². The Balaban J connectivity index is 2.17. The molecule has 1 aromatic heterocycles. The molecule has 2 heterocycles. The predicted octanol–water partition coefficient (Wildman–Crippen LogP) is 1.67. The van der Waals surface area contributed by atoms with Crippen LogP contribution in [0.5, 0.6) is 0 Å². The Morgan fingerprint density at radius 2 is 2.05 bits per heavy atom. The molecule has 0 unspecified atom stereocenters. The number of nitrogens with zero attached hydrogens (tertiary/aromatic N) is 2. The van der Waals surface area contributed by atoms with Crippen molar-refractivity contribution in [3.8, 4) is 0 Å². The number of hydrogen-bond donors (Lipinski definition) is 1. The molecule has 1 aliphatic rings. The van der Waals surface area contributed by atoms with Crippen molar-refractivity contribution in [3.63, 3.8) is 0 Å². The lowest BCUT2D eigenvalue weighted by Crippen LogP contribution is -2.41. The molecule has 1 fully saturated rings. The van der Waals surface area contributed by atoms with Crippen LogP contribution in [-0.4, -0.2) is 51.1 Å². The topological polar surface area (TPSA) is 62.3 Å². The van der Waals surface area contributed by atoms with Crippen molar-refractivity contribution in [1.29, 1.82) is 0 Å². The van der Waals surface area contributed by atoms with Crippen LogP contribution in [-0.2, 0) is 17.2 Å². The first-order chi connectivity index (χ1) is 10.1. The third kappa shape index (κ3) is 4.27. The van der Waals surface area contributed by atoms with Crippen LogP contribution in [0, 0.1) is 0 Å². The second-order valence-electron chi connectivity index (χ2n) is 5.15. The van der Waals surface area contributed by atoms with Crippen LogP contribution < -0.4 is 5.32 Å². The Bertz CT molecular complexity index is 524. The van der Waals surface area contributed by atoms with Gasteiger partial charge < -0.3 is 10.2 Å². The molecule has 6 heteroatoms. The van der Waals surface area contributed by atoms with Gasteiger partial charge in [0.15, 0.2) is 0 Å². The summed E-state index contributed by atoms with van der Waals surface area (Å²) in [7, 11) is -0.767. The molecule has 21 heavy (non-hydrogen) atoms. The number of nitrogens with one attached hydrogen (secondary N) is 1. The van der Waals surface area contributed by atoms with Crippen LogP contribution >= 0.6 is 0 Å². The van der Waals surface area contributed by atoms with Crippen molar-refractivity contribution in [2.75, 3.05) is 36.5 Å². The fourth-order valence-corrected chi connectivity index (χ4v) is 3.31. The molecule has 0 saturated carbocycles. The molecular weight excluding hydrogens is 286 g/mol. The Hall–Kier alpha value is -1.43. The second kappa shape index (κ2) is 7.54. The van der Waals surface area contributed by atoms with E-state index in [0.717, 1.165) is 30.9 Å². The smallest absolute Gasteiger partial charge is 0.254 e. The van der Waals surface area contributed by atoms with Gasteiger partial charge in [-0.25, -0.2) is 4.98 Å². The maximum atomic E-state index is 12.6. The standard InChI is InChI=1S/C15H23N3O2S/c1-3-5-16-14-11-12(10-13(4-2)17-14)15(19)18-6-8-21(20)9-7-18/h10-11H,3-9H2,1-2H3,(H,16,17). The Kier molecular flexibility index (Phi) is 5.73. The summed E-state index contributed by atoms with van der Waals surface area (Å²) in [6.45, 7) is 6.12. The molecule has 1 N–H and O–H groups in total. The van der Waals surface area contributed by atoms with Gasteiger partial charge in [0.1, 0.15) is 5.82 Å². The number of hydrogen-bond acceptors (Lipinski definition) is 4. The second-order valence-corrected chi connectivity index (χ2v) is 6.85. The van der Waals surface area contributed by atoms with Gasteiger partial charge in [0.05, 0.1) is 0 Å². The van der Waals surface area contributed by atoms with Crippen LogP contribution in [0.3, 0.4) is 0 Å². The van der Waals surface area contributed by atoms with E-state index in [1.807, 2.05) is 19.1 Å². The Morgan fingerprint density at radius 1 is 1.33 bits per heavy atom. The molecule has 5 nitrogen and oxygen atoms in total. The SMILES string of the molecule is CCCNc1cc(C(=O)N2CCS(=O)CC2)cc(CC)n1. The zero-order chi connectivity index (χ0) is 15.2. The van der Waals surface area contributed by atoms with E-state index in [0.29, 0.717) is 30.2 Å². The number of amides is 1. The summed E-state index contributed by atoms with van der Waals surface area (Å²) >= 11 is 0. The van der Waals surface area contributed by atoms with Crippen LogP contribution in [0.25, 0.3) is 0 Å². The third-order valence-electron chi connectivity index (χ3n) is 3.51. The number of pyridine rings is 1. The minimum atomic E-state index is -0.767. The van der Waals surface area contributed by atoms with E-state index < -0.39 is 10.8 Å². The summed E-state index contributed by atoms with van der Waals surface area (Å²) in [5.74, 6) is 1.94. The predicted molar refractivity (Wildman–Crippen MR) is 86.2 cm³/mol. The zero-order valence-corrected chi connectivity index (χ0v) is 13.5.